The predicted molar refractivity (Wildman–Crippen MR) is 132 cm³/mol. The molecule has 0 aromatic heterocycles. The fraction of sp³-hybridized carbons (Fsp3) is 0.440. The summed E-state index contributed by atoms with van der Waals surface area (Å²) in [6.45, 7) is 8.67. The maximum absolute atomic E-state index is 13.6. The smallest absolute Gasteiger partial charge is 0.244 e. The van der Waals surface area contributed by atoms with Crippen molar-refractivity contribution in [1.82, 2.24) is 10.2 Å². The van der Waals surface area contributed by atoms with Crippen molar-refractivity contribution >= 4 is 27.5 Å². The highest BCUT2D eigenvalue weighted by atomic mass is 32.2. The predicted octanol–water partition coefficient (Wildman–Crippen LogP) is 3.54. The molecule has 1 N–H and O–H groups in total. The summed E-state index contributed by atoms with van der Waals surface area (Å²) in [5.74, 6) is -1.27. The molecule has 2 aromatic carbocycles. The third-order valence-electron chi connectivity index (χ3n) is 5.61. The number of amides is 2. The van der Waals surface area contributed by atoms with Crippen molar-refractivity contribution in [2.75, 3.05) is 17.1 Å². The second-order valence-corrected chi connectivity index (χ2v) is 10.6. The van der Waals surface area contributed by atoms with Gasteiger partial charge in [0.15, 0.2) is 0 Å². The SMILES string of the molecule is CC[C@H](C(=O)NC(C)C)N(Cc1ccc(F)cc1)C(=O)CN(c1cccc(C)c1C)S(C)(=O)=O. The summed E-state index contributed by atoms with van der Waals surface area (Å²) in [4.78, 5) is 27.9. The maximum atomic E-state index is 13.6. The second-order valence-electron chi connectivity index (χ2n) is 8.72. The van der Waals surface area contributed by atoms with Crippen LogP contribution in [-0.4, -0.2) is 50.0 Å². The summed E-state index contributed by atoms with van der Waals surface area (Å²) >= 11 is 0. The van der Waals surface area contributed by atoms with Crippen LogP contribution in [0.1, 0.15) is 43.9 Å². The largest absolute Gasteiger partial charge is 0.352 e. The van der Waals surface area contributed by atoms with Crippen LogP contribution in [0.2, 0.25) is 0 Å². The molecule has 2 aromatic rings. The normalized spacial score (nSPS) is 12.4. The fourth-order valence-corrected chi connectivity index (χ4v) is 4.59. The molecule has 0 aliphatic carbocycles. The average Bonchev–Trinajstić information content (AvgIpc) is 2.74. The zero-order valence-electron chi connectivity index (χ0n) is 20.6. The number of nitrogens with one attached hydrogen (secondary N) is 1. The number of sulfonamides is 1. The van der Waals surface area contributed by atoms with Crippen LogP contribution in [0.5, 0.6) is 0 Å². The van der Waals surface area contributed by atoms with Crippen molar-refractivity contribution < 1.29 is 22.4 Å². The maximum Gasteiger partial charge on any atom is 0.244 e. The van der Waals surface area contributed by atoms with Gasteiger partial charge in [-0.25, -0.2) is 12.8 Å². The molecule has 0 aliphatic rings. The minimum absolute atomic E-state index is 0.0353. The molecular weight excluding hydrogens is 457 g/mol. The first kappa shape index (κ1) is 27.3. The Labute approximate surface area is 202 Å². The van der Waals surface area contributed by atoms with Gasteiger partial charge in [0.2, 0.25) is 21.8 Å². The highest BCUT2D eigenvalue weighted by molar-refractivity contribution is 7.92. The van der Waals surface area contributed by atoms with Gasteiger partial charge < -0.3 is 10.2 Å². The number of benzene rings is 2. The quantitative estimate of drug-likeness (QED) is 0.551. The van der Waals surface area contributed by atoms with Gasteiger partial charge in [-0.3, -0.25) is 13.9 Å². The highest BCUT2D eigenvalue weighted by Gasteiger charge is 2.32. The number of nitrogens with zero attached hydrogens (tertiary/aromatic N) is 2. The number of anilines is 1. The molecule has 34 heavy (non-hydrogen) atoms. The molecule has 1 atom stereocenters. The topological polar surface area (TPSA) is 86.8 Å². The zero-order chi connectivity index (χ0) is 25.6. The molecule has 7 nitrogen and oxygen atoms in total. The Balaban J connectivity index is 2.48. The lowest BCUT2D eigenvalue weighted by molar-refractivity contribution is -0.140. The number of halogens is 1. The van der Waals surface area contributed by atoms with Crippen LogP contribution in [0.4, 0.5) is 10.1 Å². The Kier molecular flexibility index (Phi) is 9.21. The van der Waals surface area contributed by atoms with Crippen molar-refractivity contribution in [2.24, 2.45) is 0 Å². The minimum Gasteiger partial charge on any atom is -0.352 e. The number of carbonyl (C=O) groups is 2. The van der Waals surface area contributed by atoms with E-state index in [1.54, 1.807) is 38.1 Å². The molecule has 0 radical (unpaired) electrons. The summed E-state index contributed by atoms with van der Waals surface area (Å²) in [6.07, 6.45) is 1.38. The van der Waals surface area contributed by atoms with Crippen LogP contribution in [0.3, 0.4) is 0 Å². The Morgan fingerprint density at radius 3 is 2.21 bits per heavy atom. The summed E-state index contributed by atoms with van der Waals surface area (Å²) in [6, 6.07) is 9.96. The van der Waals surface area contributed by atoms with Crippen molar-refractivity contribution in [3.63, 3.8) is 0 Å². The van der Waals surface area contributed by atoms with Gasteiger partial charge in [-0.15, -0.1) is 0 Å². The van der Waals surface area contributed by atoms with Gasteiger partial charge in [-0.2, -0.15) is 0 Å². The number of carbonyl (C=O) groups excluding carboxylic acids is 2. The number of hydrogen-bond donors (Lipinski definition) is 1. The van der Waals surface area contributed by atoms with E-state index in [9.17, 15) is 22.4 Å². The van der Waals surface area contributed by atoms with E-state index in [0.717, 1.165) is 21.7 Å². The van der Waals surface area contributed by atoms with E-state index >= 15 is 0 Å². The standard InChI is InChI=1S/C25H34FN3O4S/c1-7-22(25(31)27-17(2)3)28(15-20-11-13-21(26)14-12-20)24(30)16-29(34(6,32)33)23-10-8-9-18(4)19(23)5/h8-14,17,22H,7,15-16H2,1-6H3,(H,27,31)/t22-/m1/s1. The lowest BCUT2D eigenvalue weighted by Gasteiger charge is -2.33. The third-order valence-corrected chi connectivity index (χ3v) is 6.73. The first-order chi connectivity index (χ1) is 15.8. The van der Waals surface area contributed by atoms with E-state index < -0.39 is 34.3 Å². The highest BCUT2D eigenvalue weighted by Crippen LogP contribution is 2.25. The molecule has 0 heterocycles. The molecule has 0 aliphatic heterocycles. The number of aryl methyl sites for hydroxylation is 1. The fourth-order valence-electron chi connectivity index (χ4n) is 3.69. The van der Waals surface area contributed by atoms with E-state index in [1.807, 2.05) is 26.8 Å². The van der Waals surface area contributed by atoms with Crippen LogP contribution < -0.4 is 9.62 Å². The van der Waals surface area contributed by atoms with Crippen LogP contribution in [0.25, 0.3) is 0 Å². The van der Waals surface area contributed by atoms with Gasteiger partial charge in [-0.1, -0.05) is 31.2 Å². The minimum atomic E-state index is -3.80. The Morgan fingerprint density at radius 2 is 1.68 bits per heavy atom. The molecule has 0 fully saturated rings. The molecule has 0 saturated carbocycles. The van der Waals surface area contributed by atoms with Gasteiger partial charge in [0.1, 0.15) is 18.4 Å². The van der Waals surface area contributed by atoms with Crippen LogP contribution >= 0.6 is 0 Å². The summed E-state index contributed by atoms with van der Waals surface area (Å²) in [5.41, 5.74) is 2.68. The molecule has 0 saturated heterocycles. The third kappa shape index (κ3) is 7.03. The first-order valence-electron chi connectivity index (χ1n) is 11.2. The molecule has 0 unspecified atom stereocenters. The summed E-state index contributed by atoms with van der Waals surface area (Å²) in [5, 5.41) is 2.83. The molecule has 0 spiro atoms. The van der Waals surface area contributed by atoms with Crippen molar-refractivity contribution in [2.45, 2.75) is 59.7 Å². The molecular formula is C25H34FN3O4S. The molecule has 186 valence electrons. The van der Waals surface area contributed by atoms with E-state index in [0.29, 0.717) is 17.7 Å². The van der Waals surface area contributed by atoms with E-state index in [4.69, 9.17) is 0 Å². The summed E-state index contributed by atoms with van der Waals surface area (Å²) in [7, 11) is -3.80. The monoisotopic (exact) mass is 491 g/mol. The lowest BCUT2D eigenvalue weighted by atomic mass is 10.1. The van der Waals surface area contributed by atoms with Gasteiger partial charge in [0, 0.05) is 12.6 Å². The van der Waals surface area contributed by atoms with Crippen molar-refractivity contribution in [1.29, 1.82) is 0 Å². The molecule has 0 bridgehead atoms. The van der Waals surface area contributed by atoms with Crippen molar-refractivity contribution in [3.05, 3.63) is 65.0 Å². The average molecular weight is 492 g/mol. The summed E-state index contributed by atoms with van der Waals surface area (Å²) < 4.78 is 39.9. The first-order valence-corrected chi connectivity index (χ1v) is 13.1. The number of hydrogen-bond acceptors (Lipinski definition) is 4. The van der Waals surface area contributed by atoms with Gasteiger partial charge in [0.05, 0.1) is 11.9 Å². The lowest BCUT2D eigenvalue weighted by Crippen LogP contribution is -2.53. The molecule has 2 rings (SSSR count). The Bertz CT molecular complexity index is 1120. The number of rotatable bonds is 10. The van der Waals surface area contributed by atoms with Crippen LogP contribution in [-0.2, 0) is 26.2 Å². The van der Waals surface area contributed by atoms with E-state index in [2.05, 4.69) is 5.32 Å². The Morgan fingerprint density at radius 1 is 1.06 bits per heavy atom. The molecule has 2 amide bonds. The second kappa shape index (κ2) is 11.5. The Hall–Kier alpha value is -2.94. The van der Waals surface area contributed by atoms with Gasteiger partial charge >= 0.3 is 0 Å². The molecule has 9 heteroatoms. The van der Waals surface area contributed by atoms with E-state index in [-0.39, 0.29) is 18.5 Å². The van der Waals surface area contributed by atoms with Crippen LogP contribution in [0, 0.1) is 19.7 Å². The van der Waals surface area contributed by atoms with Gasteiger partial charge in [0.25, 0.3) is 0 Å². The van der Waals surface area contributed by atoms with Gasteiger partial charge in [-0.05, 0) is 69.0 Å². The van der Waals surface area contributed by atoms with Crippen molar-refractivity contribution in [3.8, 4) is 0 Å². The zero-order valence-corrected chi connectivity index (χ0v) is 21.4. The van der Waals surface area contributed by atoms with Crippen LogP contribution in [0.15, 0.2) is 42.5 Å². The van der Waals surface area contributed by atoms with E-state index in [1.165, 1.54) is 17.0 Å².